The number of allylic oxidation sites excluding steroid dienone is 1. The quantitative estimate of drug-likeness (QED) is 0.676. The van der Waals surface area contributed by atoms with Gasteiger partial charge in [-0.1, -0.05) is 74.9 Å². The minimum atomic E-state index is -0.283. The van der Waals surface area contributed by atoms with E-state index in [0.29, 0.717) is 30.3 Å². The van der Waals surface area contributed by atoms with Crippen LogP contribution in [0.4, 0.5) is 0 Å². The van der Waals surface area contributed by atoms with Gasteiger partial charge in [0.05, 0.1) is 12.5 Å². The Hall–Kier alpha value is -2.13. The summed E-state index contributed by atoms with van der Waals surface area (Å²) in [7, 11) is 0. The van der Waals surface area contributed by atoms with Crippen LogP contribution in [0.5, 0.6) is 0 Å². The van der Waals surface area contributed by atoms with Crippen molar-refractivity contribution >= 4 is 5.91 Å². The average Bonchev–Trinajstić information content (AvgIpc) is 3.58. The van der Waals surface area contributed by atoms with Gasteiger partial charge in [0, 0.05) is 19.7 Å². The van der Waals surface area contributed by atoms with Gasteiger partial charge in [-0.25, -0.2) is 0 Å². The molecule has 0 bridgehead atoms. The first kappa shape index (κ1) is 28.1. The number of ether oxygens (including phenoxy) is 1. The summed E-state index contributed by atoms with van der Waals surface area (Å²) in [5.74, 6) is 11.1. The number of carbonyl (C=O) groups excluding carboxylic acids is 1. The van der Waals surface area contributed by atoms with Gasteiger partial charge >= 0.3 is 0 Å². The third-order valence-corrected chi connectivity index (χ3v) is 8.06. The molecule has 189 valence electrons. The smallest absolute Gasteiger partial charge is 0.221 e. The molecule has 1 heterocycles. The average molecular weight is 471 g/mol. The lowest BCUT2D eigenvalue weighted by atomic mass is 9.58. The van der Waals surface area contributed by atoms with Crippen molar-refractivity contribution in [3.63, 3.8) is 0 Å². The molecule has 1 saturated heterocycles. The van der Waals surface area contributed by atoms with E-state index in [1.807, 2.05) is 31.2 Å². The number of benzene rings is 1. The first-order valence-electron chi connectivity index (χ1n) is 12.4. The van der Waals surface area contributed by atoms with Crippen molar-refractivity contribution in [1.82, 2.24) is 0 Å². The van der Waals surface area contributed by atoms with Crippen molar-refractivity contribution < 1.29 is 21.9 Å². The zero-order chi connectivity index (χ0) is 22.8. The summed E-state index contributed by atoms with van der Waals surface area (Å²) >= 11 is 0. The molecule has 2 fully saturated rings. The van der Waals surface area contributed by atoms with Crippen LogP contribution < -0.4 is 5.73 Å². The minimum Gasteiger partial charge on any atom is -0.412 e. The molecule has 1 aromatic carbocycles. The van der Waals surface area contributed by atoms with Crippen molar-refractivity contribution in [3.8, 4) is 11.8 Å². The van der Waals surface area contributed by atoms with E-state index in [-0.39, 0.29) is 24.4 Å². The highest BCUT2D eigenvalue weighted by atomic mass is 16.5. The highest BCUT2D eigenvalue weighted by Crippen LogP contribution is 2.52. The molecule has 5 rings (SSSR count). The lowest BCUT2D eigenvalue weighted by Gasteiger charge is -2.52. The molecular weight excluding hydrogens is 426 g/mol. The van der Waals surface area contributed by atoms with E-state index in [2.05, 4.69) is 45.1 Å². The Kier molecular flexibility index (Phi) is 9.94. The Morgan fingerprint density at radius 2 is 1.68 bits per heavy atom. The van der Waals surface area contributed by atoms with Crippen LogP contribution in [0.1, 0.15) is 59.0 Å². The SMILES string of the molecule is CC1C#C[C@H]2O[C@H](C3=C[CH]3)[C@H](C)[C@@H]3CC[C@@H](C)[C@H](CC1)C32.Cc1ccc(CC(N)=O)cc1.O.O.[HH]. The second-order valence-corrected chi connectivity index (χ2v) is 10.5. The summed E-state index contributed by atoms with van der Waals surface area (Å²) < 4.78 is 6.52. The minimum absolute atomic E-state index is 0. The van der Waals surface area contributed by atoms with Gasteiger partial charge in [0.2, 0.25) is 5.91 Å². The number of rotatable bonds is 3. The summed E-state index contributed by atoms with van der Waals surface area (Å²) in [6.07, 6.45) is 10.7. The normalized spacial score (nSPS) is 35.0. The van der Waals surface area contributed by atoms with Crippen LogP contribution in [-0.4, -0.2) is 29.1 Å². The zero-order valence-corrected chi connectivity index (χ0v) is 21.0. The van der Waals surface area contributed by atoms with E-state index in [4.69, 9.17) is 10.5 Å². The Bertz CT molecular complexity index is 919. The van der Waals surface area contributed by atoms with Gasteiger partial charge in [-0.3, -0.25) is 4.79 Å². The number of amides is 1. The molecule has 8 atom stereocenters. The van der Waals surface area contributed by atoms with Crippen molar-refractivity contribution in [3.05, 3.63) is 53.5 Å². The number of aryl methyl sites for hydroxylation is 1. The van der Waals surface area contributed by atoms with Crippen LogP contribution in [0.25, 0.3) is 0 Å². The molecule has 34 heavy (non-hydrogen) atoms. The van der Waals surface area contributed by atoms with Crippen LogP contribution in [0, 0.1) is 60.7 Å². The molecule has 1 radical (unpaired) electrons. The molecule has 1 aliphatic heterocycles. The molecule has 6 N–H and O–H groups in total. The fraction of sp³-hybridized carbons (Fsp3) is 0.586. The van der Waals surface area contributed by atoms with Crippen molar-refractivity contribution in [1.29, 1.82) is 0 Å². The maximum absolute atomic E-state index is 10.5. The van der Waals surface area contributed by atoms with Crippen LogP contribution in [0.2, 0.25) is 0 Å². The van der Waals surface area contributed by atoms with Gasteiger partial charge in [-0.2, -0.15) is 0 Å². The van der Waals surface area contributed by atoms with E-state index in [9.17, 15) is 4.79 Å². The topological polar surface area (TPSA) is 115 Å². The molecule has 4 aliphatic rings. The van der Waals surface area contributed by atoms with Crippen LogP contribution in [-0.2, 0) is 16.0 Å². The maximum Gasteiger partial charge on any atom is 0.221 e. The fourth-order valence-electron chi connectivity index (χ4n) is 6.09. The van der Waals surface area contributed by atoms with Gasteiger partial charge < -0.3 is 21.4 Å². The van der Waals surface area contributed by atoms with Gasteiger partial charge in [-0.15, -0.1) is 0 Å². The van der Waals surface area contributed by atoms with Gasteiger partial charge in [0.15, 0.2) is 0 Å². The molecule has 5 heteroatoms. The van der Waals surface area contributed by atoms with Gasteiger partial charge in [0.1, 0.15) is 6.10 Å². The summed E-state index contributed by atoms with van der Waals surface area (Å²) in [6.45, 7) is 9.17. The Morgan fingerprint density at radius 1 is 1.03 bits per heavy atom. The number of nitrogens with two attached hydrogens (primary N) is 1. The first-order chi connectivity index (χ1) is 15.3. The molecule has 1 amide bonds. The molecule has 3 aliphatic carbocycles. The molecule has 1 saturated carbocycles. The predicted molar refractivity (Wildman–Crippen MR) is 139 cm³/mol. The van der Waals surface area contributed by atoms with E-state index < -0.39 is 0 Å². The third-order valence-electron chi connectivity index (χ3n) is 8.06. The largest absolute Gasteiger partial charge is 0.412 e. The predicted octanol–water partition coefficient (Wildman–Crippen LogP) is 3.87. The lowest BCUT2D eigenvalue weighted by molar-refractivity contribution is -0.140. The van der Waals surface area contributed by atoms with Crippen molar-refractivity contribution in [2.45, 2.75) is 72.0 Å². The van der Waals surface area contributed by atoms with Crippen molar-refractivity contribution in [2.75, 3.05) is 0 Å². The summed E-state index contributed by atoms with van der Waals surface area (Å²) in [6, 6.07) is 7.77. The first-order valence-corrected chi connectivity index (χ1v) is 12.4. The van der Waals surface area contributed by atoms with E-state index in [0.717, 1.165) is 23.3 Å². The lowest BCUT2D eigenvalue weighted by Crippen LogP contribution is -2.52. The van der Waals surface area contributed by atoms with Crippen molar-refractivity contribution in [2.24, 2.45) is 41.2 Å². The van der Waals surface area contributed by atoms with E-state index >= 15 is 0 Å². The highest BCUT2D eigenvalue weighted by Gasteiger charge is 2.51. The Balaban J connectivity index is 0.000000380. The maximum atomic E-state index is 10.5. The van der Waals surface area contributed by atoms with Gasteiger partial charge in [0.25, 0.3) is 0 Å². The molecule has 1 aromatic rings. The highest BCUT2D eigenvalue weighted by molar-refractivity contribution is 5.76. The second kappa shape index (κ2) is 12.0. The van der Waals surface area contributed by atoms with E-state index in [1.54, 1.807) is 0 Å². The standard InChI is InChI=1S/C20H27O.C9H11NO.2H2O.H2/c1-12-4-9-16-13(2)6-10-17-14(3)20(15-7-8-15)21-18(11-5-12)19(16)17;1-7-2-4-8(5-3-7)6-9(10)11;;;/h7-8,12-14,16-20H,4,6,9-10H2,1-3H3;2-5H,6H2,1H3,(H2,10,11);2*1H2;1H/t12?,13-,14-,16+,17+,18-,19?,20+;;;;/m1..../s1. The van der Waals surface area contributed by atoms with Gasteiger partial charge in [-0.05, 0) is 61.0 Å². The summed E-state index contributed by atoms with van der Waals surface area (Å²) in [5.41, 5.74) is 8.62. The number of carbonyl (C=O) groups is 1. The Morgan fingerprint density at radius 3 is 2.29 bits per heavy atom. The molecule has 0 aromatic heterocycles. The zero-order valence-electron chi connectivity index (χ0n) is 21.0. The van der Waals surface area contributed by atoms with Crippen LogP contribution in [0.15, 0.2) is 35.9 Å². The second-order valence-electron chi connectivity index (χ2n) is 10.5. The number of hydrogen-bond acceptors (Lipinski definition) is 2. The molecule has 5 nitrogen and oxygen atoms in total. The van der Waals surface area contributed by atoms with Crippen LogP contribution >= 0.6 is 0 Å². The molecule has 0 spiro atoms. The molecular formula is C29H44NO4. The molecule has 2 unspecified atom stereocenters. The fourth-order valence-corrected chi connectivity index (χ4v) is 6.09. The summed E-state index contributed by atoms with van der Waals surface area (Å²) in [4.78, 5) is 10.5. The number of primary amides is 1. The van der Waals surface area contributed by atoms with Crippen LogP contribution in [0.3, 0.4) is 0 Å². The monoisotopic (exact) mass is 470 g/mol. The summed E-state index contributed by atoms with van der Waals surface area (Å²) in [5, 5.41) is 0. The Labute approximate surface area is 206 Å². The number of hydrogen-bond donors (Lipinski definition) is 1. The van der Waals surface area contributed by atoms with E-state index in [1.165, 1.54) is 36.8 Å². The third kappa shape index (κ3) is 6.50.